The second kappa shape index (κ2) is 7.66. The van der Waals surface area contributed by atoms with Crippen LogP contribution in [0.3, 0.4) is 0 Å². The van der Waals surface area contributed by atoms with Gasteiger partial charge in [0.05, 0.1) is 25.2 Å². The predicted molar refractivity (Wildman–Crippen MR) is 100.0 cm³/mol. The summed E-state index contributed by atoms with van der Waals surface area (Å²) in [5.41, 5.74) is 2.02. The molecule has 0 amide bonds. The molecule has 0 fully saturated rings. The van der Waals surface area contributed by atoms with Crippen molar-refractivity contribution in [2.24, 2.45) is 11.8 Å². The van der Waals surface area contributed by atoms with E-state index in [0.717, 1.165) is 0 Å². The van der Waals surface area contributed by atoms with Gasteiger partial charge in [0, 0.05) is 17.0 Å². The Morgan fingerprint density at radius 1 is 1.29 bits per heavy atom. The molecule has 0 aromatic carbocycles. The Morgan fingerprint density at radius 3 is 2.57 bits per heavy atom. The molecular weight excluding hydrogens is 362 g/mol. The second-order valence-electron chi connectivity index (χ2n) is 7.20. The van der Waals surface area contributed by atoms with Crippen LogP contribution in [0, 0.1) is 18.8 Å². The summed E-state index contributed by atoms with van der Waals surface area (Å²) in [6, 6.07) is 3.53. The van der Waals surface area contributed by atoms with Crippen LogP contribution < -0.4 is 5.32 Å². The van der Waals surface area contributed by atoms with Crippen LogP contribution in [0.4, 0.5) is 0 Å². The molecule has 1 aromatic rings. The van der Waals surface area contributed by atoms with Crippen LogP contribution in [0.1, 0.15) is 44.6 Å². The highest BCUT2D eigenvalue weighted by Crippen LogP contribution is 2.45. The summed E-state index contributed by atoms with van der Waals surface area (Å²) in [5, 5.41) is 3.20. The lowest BCUT2D eigenvalue weighted by molar-refractivity contribution is -0.151. The molecule has 28 heavy (non-hydrogen) atoms. The maximum absolute atomic E-state index is 13.4. The Labute approximate surface area is 163 Å². The van der Waals surface area contributed by atoms with Crippen LogP contribution >= 0.6 is 0 Å². The molecule has 2 aliphatic rings. The minimum Gasteiger partial charge on any atom is -0.468 e. The fourth-order valence-corrected chi connectivity index (χ4v) is 4.05. The number of ether oxygens (including phenoxy) is 2. The first-order chi connectivity index (χ1) is 13.3. The van der Waals surface area contributed by atoms with E-state index < -0.39 is 23.8 Å². The van der Waals surface area contributed by atoms with E-state index in [-0.39, 0.29) is 18.3 Å². The molecule has 150 valence electrons. The van der Waals surface area contributed by atoms with Gasteiger partial charge in [-0.25, -0.2) is 4.79 Å². The van der Waals surface area contributed by atoms with E-state index in [1.54, 1.807) is 32.9 Å². The van der Waals surface area contributed by atoms with E-state index in [1.165, 1.54) is 7.11 Å². The summed E-state index contributed by atoms with van der Waals surface area (Å²) in [5.74, 6) is -2.15. The first-order valence-corrected chi connectivity index (χ1v) is 9.36. The van der Waals surface area contributed by atoms with E-state index >= 15 is 0 Å². The summed E-state index contributed by atoms with van der Waals surface area (Å²) in [7, 11) is 1.27. The maximum atomic E-state index is 13.4. The number of carbonyl (C=O) groups excluding carboxylic acids is 3. The van der Waals surface area contributed by atoms with Crippen LogP contribution in [-0.2, 0) is 23.9 Å². The molecule has 0 bridgehead atoms. The molecule has 0 saturated carbocycles. The molecule has 2 heterocycles. The van der Waals surface area contributed by atoms with Crippen LogP contribution in [0.2, 0.25) is 0 Å². The van der Waals surface area contributed by atoms with Gasteiger partial charge in [-0.05, 0) is 45.2 Å². The molecule has 1 aliphatic heterocycles. The fraction of sp³-hybridized carbons (Fsp3) is 0.476. The van der Waals surface area contributed by atoms with Crippen molar-refractivity contribution < 1.29 is 28.3 Å². The summed E-state index contributed by atoms with van der Waals surface area (Å²) < 4.78 is 15.9. The van der Waals surface area contributed by atoms with Crippen molar-refractivity contribution in [3.05, 3.63) is 46.2 Å². The third-order valence-corrected chi connectivity index (χ3v) is 5.28. The fourth-order valence-electron chi connectivity index (χ4n) is 4.05. The summed E-state index contributed by atoms with van der Waals surface area (Å²) in [6.07, 6.45) is 0.491. The molecule has 3 atom stereocenters. The third-order valence-electron chi connectivity index (χ3n) is 5.28. The molecule has 0 radical (unpaired) electrons. The number of hydrogen-bond donors (Lipinski definition) is 1. The smallest absolute Gasteiger partial charge is 0.336 e. The van der Waals surface area contributed by atoms with Gasteiger partial charge in [0.15, 0.2) is 5.78 Å². The normalized spacial score (nSPS) is 24.6. The van der Waals surface area contributed by atoms with Gasteiger partial charge >= 0.3 is 11.9 Å². The number of Topliss-reactive ketones (excluding diaryl/α,β-unsaturated/α-hetero) is 1. The quantitative estimate of drug-likeness (QED) is 0.627. The number of esters is 2. The monoisotopic (exact) mass is 387 g/mol. The van der Waals surface area contributed by atoms with Gasteiger partial charge in [-0.1, -0.05) is 6.92 Å². The largest absolute Gasteiger partial charge is 0.468 e. The van der Waals surface area contributed by atoms with Gasteiger partial charge in [0.1, 0.15) is 17.4 Å². The molecule has 7 nitrogen and oxygen atoms in total. The molecule has 1 N–H and O–H groups in total. The number of dihydropyridines is 1. The van der Waals surface area contributed by atoms with Crippen molar-refractivity contribution in [1.82, 2.24) is 5.32 Å². The number of furan rings is 1. The predicted octanol–water partition coefficient (Wildman–Crippen LogP) is 2.76. The molecule has 1 aliphatic carbocycles. The second-order valence-corrected chi connectivity index (χ2v) is 7.20. The van der Waals surface area contributed by atoms with Crippen LogP contribution in [0.25, 0.3) is 0 Å². The molecule has 0 saturated heterocycles. The van der Waals surface area contributed by atoms with Gasteiger partial charge < -0.3 is 19.2 Å². The average Bonchev–Trinajstić information content (AvgIpc) is 3.06. The first-order valence-electron chi connectivity index (χ1n) is 9.36. The lowest BCUT2D eigenvalue weighted by Crippen LogP contribution is -2.43. The molecule has 0 unspecified atom stereocenters. The lowest BCUT2D eigenvalue weighted by atomic mass is 9.70. The Kier molecular flexibility index (Phi) is 5.45. The Bertz CT molecular complexity index is 890. The van der Waals surface area contributed by atoms with Gasteiger partial charge in [-0.15, -0.1) is 0 Å². The zero-order valence-corrected chi connectivity index (χ0v) is 16.8. The lowest BCUT2D eigenvalue weighted by Gasteiger charge is -2.37. The highest BCUT2D eigenvalue weighted by molar-refractivity contribution is 6.12. The molecular formula is C21H25NO6. The minimum atomic E-state index is -0.911. The van der Waals surface area contributed by atoms with Gasteiger partial charge in [0.25, 0.3) is 0 Å². The van der Waals surface area contributed by atoms with Crippen molar-refractivity contribution in [3.8, 4) is 0 Å². The number of aryl methyl sites for hydroxylation is 1. The Hall–Kier alpha value is -2.83. The number of methoxy groups -OCH3 is 1. The molecule has 0 spiro atoms. The number of rotatable bonds is 4. The van der Waals surface area contributed by atoms with Gasteiger partial charge in [0.2, 0.25) is 0 Å². The maximum Gasteiger partial charge on any atom is 0.336 e. The SMILES string of the molecule is CCOC(=O)C1=C(C)NC2=C(C(=O)[C@H](C(=O)OC)[C@@H](C)C2)[C@H]1c1ccc(C)o1. The summed E-state index contributed by atoms with van der Waals surface area (Å²) in [6.45, 7) is 7.35. The first kappa shape index (κ1) is 19.9. The molecule has 3 rings (SSSR count). The highest BCUT2D eigenvalue weighted by atomic mass is 16.5. The zero-order chi connectivity index (χ0) is 20.6. The minimum absolute atomic E-state index is 0.210. The summed E-state index contributed by atoms with van der Waals surface area (Å²) in [4.78, 5) is 38.4. The van der Waals surface area contributed by atoms with E-state index in [4.69, 9.17) is 13.9 Å². The molecule has 7 heteroatoms. The number of nitrogens with one attached hydrogen (secondary N) is 1. The highest BCUT2D eigenvalue weighted by Gasteiger charge is 2.48. The van der Waals surface area contributed by atoms with Crippen LogP contribution in [0.5, 0.6) is 0 Å². The topological polar surface area (TPSA) is 94.8 Å². The van der Waals surface area contributed by atoms with E-state index in [2.05, 4.69) is 5.32 Å². The summed E-state index contributed by atoms with van der Waals surface area (Å²) >= 11 is 0. The number of carbonyl (C=O) groups is 3. The van der Waals surface area contributed by atoms with E-state index in [0.29, 0.717) is 40.5 Å². The zero-order valence-electron chi connectivity index (χ0n) is 16.8. The van der Waals surface area contributed by atoms with Crippen molar-refractivity contribution in [1.29, 1.82) is 0 Å². The molecule has 1 aromatic heterocycles. The van der Waals surface area contributed by atoms with Crippen LogP contribution in [-0.4, -0.2) is 31.4 Å². The van der Waals surface area contributed by atoms with Crippen molar-refractivity contribution in [2.75, 3.05) is 13.7 Å². The Balaban J connectivity index is 2.16. The van der Waals surface area contributed by atoms with E-state index in [9.17, 15) is 14.4 Å². The van der Waals surface area contributed by atoms with Crippen molar-refractivity contribution in [2.45, 2.75) is 40.0 Å². The third kappa shape index (κ3) is 3.25. The standard InChI is InChI=1S/C21H25NO6/c1-6-27-21(25)16-12(4)22-13-9-10(2)15(20(24)26-5)19(23)17(13)18(16)14-8-7-11(3)28-14/h7-8,10,15,18,22H,6,9H2,1-5H3/t10-,15+,18-/m0/s1. The van der Waals surface area contributed by atoms with Crippen LogP contribution in [0.15, 0.2) is 39.1 Å². The number of hydrogen-bond acceptors (Lipinski definition) is 7. The number of ketones is 1. The van der Waals surface area contributed by atoms with E-state index in [1.807, 2.05) is 6.92 Å². The Morgan fingerprint density at radius 2 is 2.00 bits per heavy atom. The average molecular weight is 387 g/mol. The van der Waals surface area contributed by atoms with Crippen molar-refractivity contribution in [3.63, 3.8) is 0 Å². The van der Waals surface area contributed by atoms with Gasteiger partial charge in [-0.3, -0.25) is 9.59 Å². The van der Waals surface area contributed by atoms with Crippen molar-refractivity contribution >= 4 is 17.7 Å². The number of allylic oxidation sites excluding steroid dienone is 3. The van der Waals surface area contributed by atoms with Gasteiger partial charge in [-0.2, -0.15) is 0 Å².